The van der Waals surface area contributed by atoms with Gasteiger partial charge in [-0.2, -0.15) is 5.10 Å². The van der Waals surface area contributed by atoms with Crippen LogP contribution in [0.2, 0.25) is 5.02 Å². The summed E-state index contributed by atoms with van der Waals surface area (Å²) in [6.07, 6.45) is 4.35. The molecule has 0 radical (unpaired) electrons. The molecule has 0 spiro atoms. The molecule has 2 atom stereocenters. The standard InChI is InChI=1S/C20H25ClN4O4/c1-14(13-29-17-7-5-15(21)6-8-17)24(2)19(26)12-25-11-16(10-22-25)23-20(27)18-4-3-9-28-18/h5-8,10-11,14,18H,3-4,9,12-13H2,1-2H3,(H,23,27). The molecular formula is C20H25ClN4O4. The number of rotatable bonds is 8. The predicted molar refractivity (Wildman–Crippen MR) is 109 cm³/mol. The molecule has 1 N–H and O–H groups in total. The van der Waals surface area contributed by atoms with E-state index in [2.05, 4.69) is 10.4 Å². The number of likely N-dealkylation sites (N-methyl/N-ethyl adjacent to an activating group) is 1. The second kappa shape index (κ2) is 9.76. The van der Waals surface area contributed by atoms with Crippen LogP contribution in [-0.2, 0) is 20.9 Å². The second-order valence-corrected chi connectivity index (χ2v) is 7.47. The van der Waals surface area contributed by atoms with Crippen LogP contribution in [0.3, 0.4) is 0 Å². The van der Waals surface area contributed by atoms with Crippen LogP contribution in [0.15, 0.2) is 36.7 Å². The van der Waals surface area contributed by atoms with Crippen molar-refractivity contribution in [3.8, 4) is 5.75 Å². The zero-order chi connectivity index (χ0) is 20.8. The Labute approximate surface area is 174 Å². The normalized spacial score (nSPS) is 17.0. The van der Waals surface area contributed by atoms with Gasteiger partial charge in [-0.15, -0.1) is 0 Å². The third-order valence-electron chi connectivity index (χ3n) is 4.78. The summed E-state index contributed by atoms with van der Waals surface area (Å²) < 4.78 is 12.6. The molecule has 0 saturated carbocycles. The fourth-order valence-electron chi connectivity index (χ4n) is 2.88. The Bertz CT molecular complexity index is 833. The number of aromatic nitrogens is 2. The number of carbonyl (C=O) groups is 2. The maximum absolute atomic E-state index is 12.5. The Morgan fingerprint density at radius 2 is 2.17 bits per heavy atom. The van der Waals surface area contributed by atoms with Crippen molar-refractivity contribution in [2.24, 2.45) is 0 Å². The molecule has 1 aliphatic rings. The molecule has 1 aromatic heterocycles. The summed E-state index contributed by atoms with van der Waals surface area (Å²) in [5.74, 6) is 0.400. The maximum Gasteiger partial charge on any atom is 0.253 e. The minimum Gasteiger partial charge on any atom is -0.491 e. The van der Waals surface area contributed by atoms with Crippen molar-refractivity contribution in [2.75, 3.05) is 25.6 Å². The fraction of sp³-hybridized carbons (Fsp3) is 0.450. The van der Waals surface area contributed by atoms with E-state index in [0.717, 1.165) is 12.8 Å². The van der Waals surface area contributed by atoms with Crippen molar-refractivity contribution < 1.29 is 19.1 Å². The maximum atomic E-state index is 12.5. The number of hydrogen-bond donors (Lipinski definition) is 1. The highest BCUT2D eigenvalue weighted by Crippen LogP contribution is 2.17. The fourth-order valence-corrected chi connectivity index (χ4v) is 3.00. The zero-order valence-corrected chi connectivity index (χ0v) is 17.3. The number of hydrogen-bond acceptors (Lipinski definition) is 5. The molecule has 0 aliphatic carbocycles. The van der Waals surface area contributed by atoms with E-state index in [4.69, 9.17) is 21.1 Å². The average Bonchev–Trinajstić information content (AvgIpc) is 3.39. The molecule has 29 heavy (non-hydrogen) atoms. The van der Waals surface area contributed by atoms with Crippen LogP contribution in [0, 0.1) is 0 Å². The van der Waals surface area contributed by atoms with E-state index in [-0.39, 0.29) is 24.4 Å². The van der Waals surface area contributed by atoms with Crippen molar-refractivity contribution >= 4 is 29.1 Å². The summed E-state index contributed by atoms with van der Waals surface area (Å²) in [5.41, 5.74) is 0.542. The largest absolute Gasteiger partial charge is 0.491 e. The first-order chi connectivity index (χ1) is 13.9. The number of carbonyl (C=O) groups excluding carboxylic acids is 2. The van der Waals surface area contributed by atoms with Crippen LogP contribution in [0.1, 0.15) is 19.8 Å². The van der Waals surface area contributed by atoms with E-state index in [0.29, 0.717) is 29.7 Å². The molecule has 156 valence electrons. The average molecular weight is 421 g/mol. The zero-order valence-electron chi connectivity index (χ0n) is 16.5. The van der Waals surface area contributed by atoms with Gasteiger partial charge in [0.2, 0.25) is 5.91 Å². The molecule has 2 amide bonds. The number of anilines is 1. The van der Waals surface area contributed by atoms with E-state index in [1.165, 1.54) is 10.9 Å². The lowest BCUT2D eigenvalue weighted by Crippen LogP contribution is -2.40. The molecule has 2 aromatic rings. The first-order valence-electron chi connectivity index (χ1n) is 9.51. The van der Waals surface area contributed by atoms with Gasteiger partial charge in [0.05, 0.1) is 17.9 Å². The lowest BCUT2D eigenvalue weighted by molar-refractivity contribution is -0.133. The van der Waals surface area contributed by atoms with E-state index in [1.54, 1.807) is 42.4 Å². The molecule has 2 unspecified atom stereocenters. The number of nitrogens with zero attached hydrogens (tertiary/aromatic N) is 3. The highest BCUT2D eigenvalue weighted by Gasteiger charge is 2.24. The minimum atomic E-state index is -0.410. The van der Waals surface area contributed by atoms with Gasteiger partial charge in [0.25, 0.3) is 5.91 Å². The predicted octanol–water partition coefficient (Wildman–Crippen LogP) is 2.58. The first kappa shape index (κ1) is 21.1. The third kappa shape index (κ3) is 5.95. The van der Waals surface area contributed by atoms with Crippen LogP contribution < -0.4 is 10.1 Å². The van der Waals surface area contributed by atoms with Crippen molar-refractivity contribution in [3.63, 3.8) is 0 Å². The Morgan fingerprint density at radius 1 is 1.41 bits per heavy atom. The van der Waals surface area contributed by atoms with E-state index in [1.807, 2.05) is 6.92 Å². The molecule has 1 aliphatic heterocycles. The van der Waals surface area contributed by atoms with Crippen LogP contribution in [0.5, 0.6) is 5.75 Å². The summed E-state index contributed by atoms with van der Waals surface area (Å²) in [7, 11) is 1.72. The summed E-state index contributed by atoms with van der Waals surface area (Å²) in [5, 5.41) is 7.56. The Kier molecular flexibility index (Phi) is 7.11. The summed E-state index contributed by atoms with van der Waals surface area (Å²) >= 11 is 5.86. The molecule has 9 heteroatoms. The number of nitrogens with one attached hydrogen (secondary N) is 1. The van der Waals surface area contributed by atoms with Gasteiger partial charge < -0.3 is 19.7 Å². The van der Waals surface area contributed by atoms with E-state index in [9.17, 15) is 9.59 Å². The monoisotopic (exact) mass is 420 g/mol. The van der Waals surface area contributed by atoms with Gasteiger partial charge in [0.15, 0.2) is 0 Å². The quantitative estimate of drug-likeness (QED) is 0.709. The van der Waals surface area contributed by atoms with Crippen molar-refractivity contribution in [3.05, 3.63) is 41.7 Å². The molecular weight excluding hydrogens is 396 g/mol. The number of amides is 2. The Hall–Kier alpha value is -2.58. The highest BCUT2D eigenvalue weighted by molar-refractivity contribution is 6.30. The lowest BCUT2D eigenvalue weighted by atomic mass is 10.2. The molecule has 3 rings (SSSR count). The van der Waals surface area contributed by atoms with Crippen LogP contribution in [0.4, 0.5) is 5.69 Å². The van der Waals surface area contributed by atoms with Crippen LogP contribution in [0.25, 0.3) is 0 Å². The van der Waals surface area contributed by atoms with Gasteiger partial charge in [0, 0.05) is 24.9 Å². The van der Waals surface area contributed by atoms with Gasteiger partial charge in [-0.25, -0.2) is 0 Å². The molecule has 1 saturated heterocycles. The highest BCUT2D eigenvalue weighted by atomic mass is 35.5. The second-order valence-electron chi connectivity index (χ2n) is 7.04. The van der Waals surface area contributed by atoms with Crippen LogP contribution in [-0.4, -0.2) is 58.9 Å². The van der Waals surface area contributed by atoms with Crippen molar-refractivity contribution in [2.45, 2.75) is 38.5 Å². The van der Waals surface area contributed by atoms with Crippen LogP contribution >= 0.6 is 11.6 Å². The van der Waals surface area contributed by atoms with E-state index < -0.39 is 6.10 Å². The van der Waals surface area contributed by atoms with Gasteiger partial charge in [-0.3, -0.25) is 14.3 Å². The summed E-state index contributed by atoms with van der Waals surface area (Å²) in [4.78, 5) is 26.2. The first-order valence-corrected chi connectivity index (χ1v) is 9.89. The van der Waals surface area contributed by atoms with Crippen molar-refractivity contribution in [1.29, 1.82) is 0 Å². The number of halogens is 1. The van der Waals surface area contributed by atoms with Gasteiger partial charge in [0.1, 0.15) is 25.0 Å². The lowest BCUT2D eigenvalue weighted by Gasteiger charge is -2.25. The van der Waals surface area contributed by atoms with Crippen molar-refractivity contribution in [1.82, 2.24) is 14.7 Å². The molecule has 8 nitrogen and oxygen atoms in total. The number of ether oxygens (including phenoxy) is 2. The summed E-state index contributed by atoms with van der Waals surface area (Å²) in [6.45, 7) is 2.94. The molecule has 0 bridgehead atoms. The topological polar surface area (TPSA) is 85.7 Å². The minimum absolute atomic E-state index is 0.0670. The van der Waals surface area contributed by atoms with Gasteiger partial charge >= 0.3 is 0 Å². The molecule has 1 fully saturated rings. The number of benzene rings is 1. The molecule has 2 heterocycles. The smallest absolute Gasteiger partial charge is 0.253 e. The third-order valence-corrected chi connectivity index (χ3v) is 5.03. The Morgan fingerprint density at radius 3 is 2.86 bits per heavy atom. The Balaban J connectivity index is 1.46. The molecule has 1 aromatic carbocycles. The van der Waals surface area contributed by atoms with Gasteiger partial charge in [-0.1, -0.05) is 11.6 Å². The van der Waals surface area contributed by atoms with Gasteiger partial charge in [-0.05, 0) is 44.0 Å². The summed E-state index contributed by atoms with van der Waals surface area (Å²) in [6, 6.07) is 6.94. The van der Waals surface area contributed by atoms with E-state index >= 15 is 0 Å². The SMILES string of the molecule is CC(COc1ccc(Cl)cc1)N(C)C(=O)Cn1cc(NC(=O)C2CCCO2)cn1.